The fourth-order valence-electron chi connectivity index (χ4n) is 1.51. The summed E-state index contributed by atoms with van der Waals surface area (Å²) in [5.41, 5.74) is 0.831. The highest BCUT2D eigenvalue weighted by molar-refractivity contribution is 5.93. The molecule has 1 amide bonds. The van der Waals surface area contributed by atoms with E-state index in [4.69, 9.17) is 4.42 Å². The number of benzene rings is 1. The Labute approximate surface area is 102 Å². The summed E-state index contributed by atoms with van der Waals surface area (Å²) in [4.78, 5) is 21.9. The SMILES string of the molecule is O=C(NCc1ccccc1[N+](=O)[O-])c1ccoc1. The van der Waals surface area contributed by atoms with E-state index in [-0.39, 0.29) is 18.1 Å². The van der Waals surface area contributed by atoms with E-state index >= 15 is 0 Å². The van der Waals surface area contributed by atoms with Crippen LogP contribution in [-0.2, 0) is 6.54 Å². The van der Waals surface area contributed by atoms with E-state index in [2.05, 4.69) is 5.32 Å². The molecule has 2 aromatic rings. The number of carbonyl (C=O) groups excluding carboxylic acids is 1. The van der Waals surface area contributed by atoms with E-state index in [0.717, 1.165) is 0 Å². The molecule has 0 aliphatic heterocycles. The molecule has 18 heavy (non-hydrogen) atoms. The van der Waals surface area contributed by atoms with Crippen LogP contribution in [-0.4, -0.2) is 10.8 Å². The molecule has 1 aromatic heterocycles. The second kappa shape index (κ2) is 5.13. The van der Waals surface area contributed by atoms with Gasteiger partial charge in [0.2, 0.25) is 0 Å². The zero-order chi connectivity index (χ0) is 13.0. The van der Waals surface area contributed by atoms with Crippen LogP contribution in [0.5, 0.6) is 0 Å². The molecule has 1 N–H and O–H groups in total. The highest BCUT2D eigenvalue weighted by Gasteiger charge is 2.13. The maximum atomic E-state index is 11.6. The average Bonchev–Trinajstić information content (AvgIpc) is 2.90. The summed E-state index contributed by atoms with van der Waals surface area (Å²) in [5.74, 6) is -0.332. The largest absolute Gasteiger partial charge is 0.472 e. The predicted molar refractivity (Wildman–Crippen MR) is 63.0 cm³/mol. The monoisotopic (exact) mass is 246 g/mol. The van der Waals surface area contributed by atoms with Gasteiger partial charge in [0.1, 0.15) is 6.26 Å². The normalized spacial score (nSPS) is 10.0. The Morgan fingerprint density at radius 1 is 1.33 bits per heavy atom. The number of nitro benzene ring substituents is 1. The molecule has 1 aromatic carbocycles. The van der Waals surface area contributed by atoms with Gasteiger partial charge in [0.15, 0.2) is 0 Å². The van der Waals surface area contributed by atoms with E-state index in [0.29, 0.717) is 11.1 Å². The van der Waals surface area contributed by atoms with Gasteiger partial charge in [0, 0.05) is 18.2 Å². The molecular weight excluding hydrogens is 236 g/mol. The summed E-state index contributed by atoms with van der Waals surface area (Å²) in [5, 5.41) is 13.4. The Morgan fingerprint density at radius 2 is 2.11 bits per heavy atom. The number of nitrogens with zero attached hydrogens (tertiary/aromatic N) is 1. The van der Waals surface area contributed by atoms with Gasteiger partial charge in [-0.25, -0.2) is 0 Å². The molecule has 0 aliphatic carbocycles. The smallest absolute Gasteiger partial charge is 0.274 e. The number of carbonyl (C=O) groups is 1. The Hall–Kier alpha value is -2.63. The van der Waals surface area contributed by atoms with Crippen LogP contribution in [0.2, 0.25) is 0 Å². The molecule has 0 spiro atoms. The van der Waals surface area contributed by atoms with Crippen LogP contribution in [0.15, 0.2) is 47.3 Å². The first-order valence-electron chi connectivity index (χ1n) is 5.21. The minimum atomic E-state index is -0.473. The second-order valence-electron chi connectivity index (χ2n) is 3.58. The lowest BCUT2D eigenvalue weighted by atomic mass is 10.2. The van der Waals surface area contributed by atoms with Crippen LogP contribution in [0.4, 0.5) is 5.69 Å². The quantitative estimate of drug-likeness (QED) is 0.661. The molecule has 1 heterocycles. The van der Waals surface area contributed by atoms with Gasteiger partial charge in [0.05, 0.1) is 16.7 Å². The first kappa shape index (κ1) is 11.8. The number of para-hydroxylation sites is 1. The number of amides is 1. The van der Waals surface area contributed by atoms with Gasteiger partial charge >= 0.3 is 0 Å². The molecule has 2 rings (SSSR count). The van der Waals surface area contributed by atoms with Crippen LogP contribution in [0.1, 0.15) is 15.9 Å². The summed E-state index contributed by atoms with van der Waals surface area (Å²) in [6, 6.07) is 7.80. The van der Waals surface area contributed by atoms with Gasteiger partial charge in [-0.1, -0.05) is 18.2 Å². The molecule has 92 valence electrons. The van der Waals surface area contributed by atoms with Crippen molar-refractivity contribution in [2.45, 2.75) is 6.54 Å². The summed E-state index contributed by atoms with van der Waals surface area (Å²) in [6.07, 6.45) is 2.70. The van der Waals surface area contributed by atoms with Crippen LogP contribution < -0.4 is 5.32 Å². The average molecular weight is 246 g/mol. The number of hydrogen-bond donors (Lipinski definition) is 1. The van der Waals surface area contributed by atoms with Crippen LogP contribution >= 0.6 is 0 Å². The van der Waals surface area contributed by atoms with Crippen molar-refractivity contribution in [1.29, 1.82) is 0 Å². The van der Waals surface area contributed by atoms with E-state index in [1.165, 1.54) is 24.7 Å². The van der Waals surface area contributed by atoms with Crippen molar-refractivity contribution in [1.82, 2.24) is 5.32 Å². The third-order valence-corrected chi connectivity index (χ3v) is 2.41. The molecule has 0 saturated carbocycles. The molecule has 0 bridgehead atoms. The van der Waals surface area contributed by atoms with Crippen molar-refractivity contribution in [3.05, 3.63) is 64.1 Å². The Kier molecular flexibility index (Phi) is 3.38. The molecule has 0 radical (unpaired) electrons. The molecule has 0 aliphatic rings. The first-order chi connectivity index (χ1) is 8.68. The van der Waals surface area contributed by atoms with Gasteiger partial charge < -0.3 is 9.73 Å². The van der Waals surface area contributed by atoms with Crippen molar-refractivity contribution >= 4 is 11.6 Å². The molecule has 0 atom stereocenters. The maximum Gasteiger partial charge on any atom is 0.274 e. The summed E-state index contributed by atoms with van der Waals surface area (Å²) < 4.78 is 4.78. The van der Waals surface area contributed by atoms with E-state index in [1.807, 2.05) is 0 Å². The van der Waals surface area contributed by atoms with Crippen LogP contribution in [0.3, 0.4) is 0 Å². The summed E-state index contributed by atoms with van der Waals surface area (Å²) >= 11 is 0. The lowest BCUT2D eigenvalue weighted by molar-refractivity contribution is -0.385. The molecule has 0 saturated heterocycles. The highest BCUT2D eigenvalue weighted by atomic mass is 16.6. The van der Waals surface area contributed by atoms with E-state index in [1.54, 1.807) is 18.2 Å². The van der Waals surface area contributed by atoms with Crippen molar-refractivity contribution in [2.24, 2.45) is 0 Å². The van der Waals surface area contributed by atoms with Crippen LogP contribution in [0.25, 0.3) is 0 Å². The zero-order valence-electron chi connectivity index (χ0n) is 9.33. The first-order valence-corrected chi connectivity index (χ1v) is 5.21. The van der Waals surface area contributed by atoms with Gasteiger partial charge in [-0.3, -0.25) is 14.9 Å². The lowest BCUT2D eigenvalue weighted by Crippen LogP contribution is -2.22. The molecule has 6 nitrogen and oxygen atoms in total. The van der Waals surface area contributed by atoms with Crippen molar-refractivity contribution in [3.63, 3.8) is 0 Å². The maximum absolute atomic E-state index is 11.6. The van der Waals surface area contributed by atoms with Crippen molar-refractivity contribution in [2.75, 3.05) is 0 Å². The number of rotatable bonds is 4. The third kappa shape index (κ3) is 2.54. The summed E-state index contributed by atoms with van der Waals surface area (Å²) in [7, 11) is 0. The van der Waals surface area contributed by atoms with E-state index < -0.39 is 4.92 Å². The molecule has 0 fully saturated rings. The molecular formula is C12H10N2O4. The highest BCUT2D eigenvalue weighted by Crippen LogP contribution is 2.17. The van der Waals surface area contributed by atoms with E-state index in [9.17, 15) is 14.9 Å². The number of hydrogen-bond acceptors (Lipinski definition) is 4. The van der Waals surface area contributed by atoms with Gasteiger partial charge in [-0.15, -0.1) is 0 Å². The standard InChI is InChI=1S/C12H10N2O4/c15-12(10-5-6-18-8-10)13-7-9-3-1-2-4-11(9)14(16)17/h1-6,8H,7H2,(H,13,15). The number of nitro groups is 1. The molecule has 6 heteroatoms. The number of furan rings is 1. The summed E-state index contributed by atoms with van der Waals surface area (Å²) in [6.45, 7) is 0.0984. The Bertz CT molecular complexity index is 563. The molecule has 0 unspecified atom stereocenters. The lowest BCUT2D eigenvalue weighted by Gasteiger charge is -2.04. The fraction of sp³-hybridized carbons (Fsp3) is 0.0833. The second-order valence-corrected chi connectivity index (χ2v) is 3.58. The minimum absolute atomic E-state index is 0.00927. The van der Waals surface area contributed by atoms with Gasteiger partial charge in [-0.2, -0.15) is 0 Å². The topological polar surface area (TPSA) is 85.4 Å². The fourth-order valence-corrected chi connectivity index (χ4v) is 1.51. The number of nitrogens with one attached hydrogen (secondary N) is 1. The minimum Gasteiger partial charge on any atom is -0.472 e. The van der Waals surface area contributed by atoms with Gasteiger partial charge in [-0.05, 0) is 6.07 Å². The van der Waals surface area contributed by atoms with Crippen LogP contribution in [0, 0.1) is 10.1 Å². The van der Waals surface area contributed by atoms with Gasteiger partial charge in [0.25, 0.3) is 11.6 Å². The Balaban J connectivity index is 2.07. The van der Waals surface area contributed by atoms with Crippen molar-refractivity contribution < 1.29 is 14.1 Å². The zero-order valence-corrected chi connectivity index (χ0v) is 9.33. The Morgan fingerprint density at radius 3 is 2.78 bits per heavy atom. The van der Waals surface area contributed by atoms with Crippen molar-refractivity contribution in [3.8, 4) is 0 Å². The third-order valence-electron chi connectivity index (χ3n) is 2.41. The predicted octanol–water partition coefficient (Wildman–Crippen LogP) is 2.12.